The molecule has 0 amide bonds. The zero-order chi connectivity index (χ0) is 23.9. The topological polar surface area (TPSA) is 53.4 Å². The Morgan fingerprint density at radius 2 is 1.91 bits per heavy atom. The van der Waals surface area contributed by atoms with Crippen LogP contribution in [0.3, 0.4) is 0 Å². The van der Waals surface area contributed by atoms with Crippen LogP contribution < -0.4 is 10.3 Å². The molecule has 0 bridgehead atoms. The molecule has 0 radical (unpaired) electrons. The first kappa shape index (κ1) is 23.6. The SMILES string of the molecule is CCOc1ccc(-n2c(SCc3ccc(Br)cc3)nc3sc4c(c3c2=O)CC(C)(C)OC4)cc1. The molecule has 2 aromatic heterocycles. The summed E-state index contributed by atoms with van der Waals surface area (Å²) in [7, 11) is 0. The molecule has 2 aromatic carbocycles. The Hall–Kier alpha value is -2.13. The summed E-state index contributed by atoms with van der Waals surface area (Å²) in [4.78, 5) is 20.9. The normalized spacial score (nSPS) is 14.8. The van der Waals surface area contributed by atoms with Gasteiger partial charge in [-0.1, -0.05) is 39.8 Å². The Kier molecular flexibility index (Phi) is 6.59. The minimum atomic E-state index is -0.299. The zero-order valence-electron chi connectivity index (χ0n) is 19.3. The second kappa shape index (κ2) is 9.49. The molecule has 0 fully saturated rings. The van der Waals surface area contributed by atoms with Crippen molar-refractivity contribution in [3.8, 4) is 11.4 Å². The highest BCUT2D eigenvalue weighted by atomic mass is 79.9. The fraction of sp³-hybridized carbons (Fsp3) is 0.308. The summed E-state index contributed by atoms with van der Waals surface area (Å²) < 4.78 is 14.4. The Bertz CT molecular complexity index is 1390. The molecule has 5 rings (SSSR count). The second-order valence-electron chi connectivity index (χ2n) is 8.79. The summed E-state index contributed by atoms with van der Waals surface area (Å²) in [5.41, 5.74) is 2.71. The fourth-order valence-corrected chi connectivity index (χ4v) is 6.46. The van der Waals surface area contributed by atoms with Gasteiger partial charge in [0.2, 0.25) is 0 Å². The van der Waals surface area contributed by atoms with Crippen molar-refractivity contribution in [2.75, 3.05) is 6.61 Å². The molecule has 3 heterocycles. The fourth-order valence-electron chi connectivity index (χ4n) is 4.08. The van der Waals surface area contributed by atoms with E-state index in [0.29, 0.717) is 30.5 Å². The molecule has 176 valence electrons. The molecule has 0 saturated heterocycles. The molecule has 4 aromatic rings. The van der Waals surface area contributed by atoms with Crippen LogP contribution in [0.25, 0.3) is 15.9 Å². The highest BCUT2D eigenvalue weighted by Crippen LogP contribution is 2.38. The van der Waals surface area contributed by atoms with Gasteiger partial charge in [0.15, 0.2) is 5.16 Å². The number of hydrogen-bond acceptors (Lipinski definition) is 6. The average molecular weight is 558 g/mol. The summed E-state index contributed by atoms with van der Waals surface area (Å²) in [6, 6.07) is 15.9. The molecular formula is C26H25BrN2O3S2. The van der Waals surface area contributed by atoms with Crippen LogP contribution in [0.15, 0.2) is 63.0 Å². The van der Waals surface area contributed by atoms with Crippen LogP contribution in [-0.4, -0.2) is 21.8 Å². The molecular weight excluding hydrogens is 532 g/mol. The van der Waals surface area contributed by atoms with Gasteiger partial charge in [-0.3, -0.25) is 9.36 Å². The van der Waals surface area contributed by atoms with Crippen molar-refractivity contribution >= 4 is 49.2 Å². The van der Waals surface area contributed by atoms with E-state index in [1.165, 1.54) is 5.56 Å². The maximum atomic E-state index is 14.0. The van der Waals surface area contributed by atoms with Gasteiger partial charge >= 0.3 is 0 Å². The third-order valence-electron chi connectivity index (χ3n) is 5.76. The molecule has 1 aliphatic heterocycles. The highest BCUT2D eigenvalue weighted by molar-refractivity contribution is 9.10. The standard InChI is InChI=1S/C26H25BrN2O3S2/c1-4-31-19-11-9-18(10-12-19)29-24(30)22-20-13-26(2,3)32-14-21(20)34-23(22)28-25(29)33-15-16-5-7-17(27)8-6-16/h5-12H,4,13-15H2,1-3H3. The quantitative estimate of drug-likeness (QED) is 0.194. The van der Waals surface area contributed by atoms with Crippen LogP contribution >= 0.6 is 39.0 Å². The Morgan fingerprint density at radius 3 is 2.62 bits per heavy atom. The molecule has 0 spiro atoms. The predicted octanol–water partition coefficient (Wildman–Crippen LogP) is 6.75. The number of fused-ring (bicyclic) bond motifs is 3. The number of hydrogen-bond donors (Lipinski definition) is 0. The van der Waals surface area contributed by atoms with E-state index < -0.39 is 0 Å². The van der Waals surface area contributed by atoms with Crippen LogP contribution in [0.4, 0.5) is 0 Å². The second-order valence-corrected chi connectivity index (χ2v) is 11.7. The van der Waals surface area contributed by atoms with E-state index in [4.69, 9.17) is 14.5 Å². The van der Waals surface area contributed by atoms with Gasteiger partial charge in [0.25, 0.3) is 5.56 Å². The van der Waals surface area contributed by atoms with Crippen molar-refractivity contribution < 1.29 is 9.47 Å². The molecule has 0 atom stereocenters. The van der Waals surface area contributed by atoms with Crippen LogP contribution in [0.2, 0.25) is 0 Å². The number of aromatic nitrogens is 2. The zero-order valence-corrected chi connectivity index (χ0v) is 22.5. The van der Waals surface area contributed by atoms with Gasteiger partial charge in [-0.15, -0.1) is 11.3 Å². The van der Waals surface area contributed by atoms with Gasteiger partial charge in [-0.05, 0) is 68.3 Å². The third-order valence-corrected chi connectivity index (χ3v) is 8.40. The number of rotatable bonds is 6. The van der Waals surface area contributed by atoms with E-state index >= 15 is 0 Å². The molecule has 8 heteroatoms. The predicted molar refractivity (Wildman–Crippen MR) is 143 cm³/mol. The number of thioether (sulfide) groups is 1. The van der Waals surface area contributed by atoms with Gasteiger partial charge in [-0.25, -0.2) is 4.98 Å². The Labute approximate surface area is 215 Å². The van der Waals surface area contributed by atoms with E-state index in [9.17, 15) is 4.79 Å². The van der Waals surface area contributed by atoms with Crippen molar-refractivity contribution in [2.24, 2.45) is 0 Å². The van der Waals surface area contributed by atoms with Gasteiger partial charge in [0.1, 0.15) is 10.6 Å². The lowest BCUT2D eigenvalue weighted by molar-refractivity contribution is -0.0379. The molecule has 0 saturated carbocycles. The third kappa shape index (κ3) is 4.69. The summed E-state index contributed by atoms with van der Waals surface area (Å²) in [5.74, 6) is 1.49. The Balaban J connectivity index is 1.63. The molecule has 5 nitrogen and oxygen atoms in total. The van der Waals surface area contributed by atoms with Gasteiger partial charge in [0, 0.05) is 21.5 Å². The van der Waals surface area contributed by atoms with E-state index in [1.807, 2.05) is 43.3 Å². The number of thiophene rings is 1. The lowest BCUT2D eigenvalue weighted by atomic mass is 9.94. The number of nitrogens with zero attached hydrogens (tertiary/aromatic N) is 2. The molecule has 1 aliphatic rings. The average Bonchev–Trinajstić information content (AvgIpc) is 3.16. The first-order chi connectivity index (χ1) is 16.3. The maximum Gasteiger partial charge on any atom is 0.267 e. The van der Waals surface area contributed by atoms with Gasteiger partial charge < -0.3 is 9.47 Å². The van der Waals surface area contributed by atoms with Gasteiger partial charge in [-0.2, -0.15) is 0 Å². The number of halogens is 1. The first-order valence-electron chi connectivity index (χ1n) is 11.2. The van der Waals surface area contributed by atoms with Crippen LogP contribution in [-0.2, 0) is 23.5 Å². The van der Waals surface area contributed by atoms with Gasteiger partial charge in [0.05, 0.1) is 29.9 Å². The van der Waals surface area contributed by atoms with Crippen molar-refractivity contribution in [3.63, 3.8) is 0 Å². The van der Waals surface area contributed by atoms with Crippen molar-refractivity contribution in [1.82, 2.24) is 9.55 Å². The van der Waals surface area contributed by atoms with E-state index in [2.05, 4.69) is 41.9 Å². The highest BCUT2D eigenvalue weighted by Gasteiger charge is 2.31. The molecule has 0 unspecified atom stereocenters. The van der Waals surface area contributed by atoms with Crippen LogP contribution in [0, 0.1) is 0 Å². The van der Waals surface area contributed by atoms with Crippen LogP contribution in [0.1, 0.15) is 36.8 Å². The summed E-state index contributed by atoms with van der Waals surface area (Å²) in [6.45, 7) is 7.21. The minimum Gasteiger partial charge on any atom is -0.494 e. The minimum absolute atomic E-state index is 0.0253. The molecule has 0 aliphatic carbocycles. The lowest BCUT2D eigenvalue weighted by Gasteiger charge is -2.29. The summed E-state index contributed by atoms with van der Waals surface area (Å²) >= 11 is 6.64. The van der Waals surface area contributed by atoms with Crippen molar-refractivity contribution in [2.45, 2.75) is 50.3 Å². The summed E-state index contributed by atoms with van der Waals surface area (Å²) in [6.07, 6.45) is 0.702. The van der Waals surface area contributed by atoms with E-state index in [0.717, 1.165) is 36.6 Å². The van der Waals surface area contributed by atoms with Crippen LogP contribution in [0.5, 0.6) is 5.75 Å². The molecule has 0 N–H and O–H groups in total. The number of ether oxygens (including phenoxy) is 2. The first-order valence-corrected chi connectivity index (χ1v) is 13.8. The van der Waals surface area contributed by atoms with Crippen molar-refractivity contribution in [1.29, 1.82) is 0 Å². The largest absolute Gasteiger partial charge is 0.494 e. The Morgan fingerprint density at radius 1 is 1.18 bits per heavy atom. The maximum absolute atomic E-state index is 14.0. The molecule has 34 heavy (non-hydrogen) atoms. The van der Waals surface area contributed by atoms with Crippen molar-refractivity contribution in [3.05, 3.63) is 79.4 Å². The smallest absolute Gasteiger partial charge is 0.267 e. The monoisotopic (exact) mass is 556 g/mol. The summed E-state index contributed by atoms with van der Waals surface area (Å²) in [5, 5.41) is 1.40. The lowest BCUT2D eigenvalue weighted by Crippen LogP contribution is -2.32. The van der Waals surface area contributed by atoms with E-state index in [1.54, 1.807) is 27.7 Å². The number of benzene rings is 2. The van der Waals surface area contributed by atoms with E-state index in [-0.39, 0.29) is 11.2 Å².